The highest BCUT2D eigenvalue weighted by Crippen LogP contribution is 2.28. The molecule has 0 fully saturated rings. The number of hydrogen-bond acceptors (Lipinski definition) is 4. The molecular formula is C19H13NO6S. The molecule has 8 heteroatoms. The van der Waals surface area contributed by atoms with Gasteiger partial charge in [0.25, 0.3) is 0 Å². The lowest BCUT2D eigenvalue weighted by Crippen LogP contribution is -1.92. The van der Waals surface area contributed by atoms with Crippen molar-refractivity contribution in [2.24, 2.45) is 5.18 Å². The van der Waals surface area contributed by atoms with Crippen LogP contribution >= 0.6 is 0 Å². The Kier molecular flexibility index (Phi) is 4.95. The van der Waals surface area contributed by atoms with E-state index in [1.54, 1.807) is 12.1 Å². The Hall–Kier alpha value is -3.20. The first-order valence-corrected chi connectivity index (χ1v) is 9.08. The number of fused-ring (bicyclic) bond motifs is 3. The van der Waals surface area contributed by atoms with Crippen molar-refractivity contribution in [1.29, 1.82) is 0 Å². The summed E-state index contributed by atoms with van der Waals surface area (Å²) in [5, 5.41) is 9.08. The van der Waals surface area contributed by atoms with Crippen molar-refractivity contribution >= 4 is 48.6 Å². The fourth-order valence-corrected chi connectivity index (χ4v) is 2.88. The largest absolute Gasteiger partial charge is 0.394 e. The molecule has 0 radical (unpaired) electrons. The molecule has 0 aliphatic heterocycles. The minimum Gasteiger partial charge on any atom is -0.264 e. The normalized spacial score (nSPS) is 11.2. The quantitative estimate of drug-likeness (QED) is 0.285. The van der Waals surface area contributed by atoms with E-state index < -0.39 is 16.3 Å². The third-order valence-electron chi connectivity index (χ3n) is 3.99. The van der Waals surface area contributed by atoms with Crippen LogP contribution in [0.2, 0.25) is 0 Å². The Morgan fingerprint density at radius 3 is 1.59 bits per heavy atom. The summed E-state index contributed by atoms with van der Waals surface area (Å²) >= 11 is 0. The van der Waals surface area contributed by atoms with Gasteiger partial charge >= 0.3 is 16.3 Å². The zero-order chi connectivity index (χ0) is 19.6. The zero-order valence-electron chi connectivity index (χ0n) is 13.7. The molecule has 4 rings (SSSR count). The summed E-state index contributed by atoms with van der Waals surface area (Å²) in [6, 6.07) is 21.9. The topological polar surface area (TPSA) is 121 Å². The number of nitroso groups, excluding NO2 is 1. The highest BCUT2D eigenvalue weighted by molar-refractivity contribution is 7.79. The summed E-state index contributed by atoms with van der Waals surface area (Å²) in [5.74, 6) is -0.736. The summed E-state index contributed by atoms with van der Waals surface area (Å²) in [7, 11) is -4.67. The number of amides is 1. The highest BCUT2D eigenvalue weighted by atomic mass is 32.3. The van der Waals surface area contributed by atoms with Crippen molar-refractivity contribution in [3.05, 3.63) is 77.2 Å². The average molecular weight is 383 g/mol. The molecule has 0 aliphatic rings. The number of benzene rings is 4. The standard InChI is InChI=1S/C19H11NO2.H2O4S/c21-19(20-22)15-6-5-14-9-17-7-12-3-1-2-4-13(12)8-18(17)11-16(14)10-15;1-5(2,3)4/h1-11H;(H2,1,2,3,4). The average Bonchev–Trinajstić information content (AvgIpc) is 2.62. The molecule has 0 saturated heterocycles. The van der Waals surface area contributed by atoms with Gasteiger partial charge in [0.2, 0.25) is 0 Å². The summed E-state index contributed by atoms with van der Waals surface area (Å²) < 4.78 is 31.6. The van der Waals surface area contributed by atoms with Crippen LogP contribution < -0.4 is 0 Å². The van der Waals surface area contributed by atoms with E-state index in [1.165, 1.54) is 10.8 Å². The van der Waals surface area contributed by atoms with Gasteiger partial charge in [0, 0.05) is 10.7 Å². The number of hydrogen-bond donors (Lipinski definition) is 2. The first-order chi connectivity index (χ1) is 12.7. The summed E-state index contributed by atoms with van der Waals surface area (Å²) in [6.45, 7) is 0. The molecule has 1 amide bonds. The van der Waals surface area contributed by atoms with Crippen molar-refractivity contribution in [3.8, 4) is 0 Å². The molecule has 0 spiro atoms. The van der Waals surface area contributed by atoms with Gasteiger partial charge in [-0.1, -0.05) is 30.3 Å². The highest BCUT2D eigenvalue weighted by Gasteiger charge is 2.07. The summed E-state index contributed by atoms with van der Waals surface area (Å²) in [4.78, 5) is 21.8. The van der Waals surface area contributed by atoms with Gasteiger partial charge in [0.1, 0.15) is 0 Å². The van der Waals surface area contributed by atoms with E-state index in [2.05, 4.69) is 35.5 Å². The maximum atomic E-state index is 11.4. The van der Waals surface area contributed by atoms with Crippen LogP contribution in [-0.2, 0) is 10.4 Å². The third kappa shape index (κ3) is 4.50. The van der Waals surface area contributed by atoms with Crippen LogP contribution in [-0.4, -0.2) is 23.4 Å². The Labute approximate surface area is 153 Å². The lowest BCUT2D eigenvalue weighted by atomic mass is 9.98. The molecule has 0 unspecified atom stereocenters. The predicted octanol–water partition coefficient (Wildman–Crippen LogP) is 4.40. The van der Waals surface area contributed by atoms with Gasteiger partial charge in [-0.25, -0.2) is 0 Å². The van der Waals surface area contributed by atoms with Crippen LogP contribution in [0, 0.1) is 4.91 Å². The Morgan fingerprint density at radius 2 is 1.11 bits per heavy atom. The van der Waals surface area contributed by atoms with Crippen LogP contribution in [0.4, 0.5) is 0 Å². The maximum Gasteiger partial charge on any atom is 0.394 e. The smallest absolute Gasteiger partial charge is 0.264 e. The van der Waals surface area contributed by atoms with Gasteiger partial charge in [-0.15, -0.1) is 4.91 Å². The number of carbonyl (C=O) groups is 1. The van der Waals surface area contributed by atoms with Crippen LogP contribution in [0.15, 0.2) is 71.9 Å². The zero-order valence-corrected chi connectivity index (χ0v) is 14.6. The van der Waals surface area contributed by atoms with E-state index in [0.29, 0.717) is 5.56 Å². The van der Waals surface area contributed by atoms with E-state index in [-0.39, 0.29) is 0 Å². The molecule has 0 aromatic heterocycles. The van der Waals surface area contributed by atoms with Gasteiger partial charge in [-0.3, -0.25) is 13.9 Å². The van der Waals surface area contributed by atoms with Gasteiger partial charge in [0.05, 0.1) is 0 Å². The van der Waals surface area contributed by atoms with Crippen molar-refractivity contribution < 1.29 is 22.3 Å². The van der Waals surface area contributed by atoms with Gasteiger partial charge in [0.15, 0.2) is 0 Å². The van der Waals surface area contributed by atoms with Crippen molar-refractivity contribution in [2.75, 3.05) is 0 Å². The monoisotopic (exact) mass is 383 g/mol. The minimum atomic E-state index is -4.67. The van der Waals surface area contributed by atoms with E-state index in [1.807, 2.05) is 24.3 Å². The van der Waals surface area contributed by atoms with Crippen LogP contribution in [0.25, 0.3) is 32.3 Å². The second-order valence-corrected chi connectivity index (χ2v) is 6.70. The molecule has 7 nitrogen and oxygen atoms in total. The second-order valence-electron chi connectivity index (χ2n) is 5.80. The Bertz CT molecular complexity index is 1290. The molecular weight excluding hydrogens is 370 g/mol. The lowest BCUT2D eigenvalue weighted by Gasteiger charge is -2.06. The maximum absolute atomic E-state index is 11.4. The van der Waals surface area contributed by atoms with Crippen molar-refractivity contribution in [3.63, 3.8) is 0 Å². The minimum absolute atomic E-state index is 0.322. The molecule has 0 saturated carbocycles. The summed E-state index contributed by atoms with van der Waals surface area (Å²) in [5.41, 5.74) is 0.322. The van der Waals surface area contributed by atoms with Gasteiger partial charge < -0.3 is 0 Å². The van der Waals surface area contributed by atoms with E-state index >= 15 is 0 Å². The van der Waals surface area contributed by atoms with Crippen LogP contribution in [0.1, 0.15) is 10.4 Å². The van der Waals surface area contributed by atoms with Crippen molar-refractivity contribution in [1.82, 2.24) is 0 Å². The Balaban J connectivity index is 0.000000376. The van der Waals surface area contributed by atoms with Crippen LogP contribution in [0.3, 0.4) is 0 Å². The van der Waals surface area contributed by atoms with E-state index in [0.717, 1.165) is 21.5 Å². The molecule has 0 bridgehead atoms. The van der Waals surface area contributed by atoms with E-state index in [9.17, 15) is 9.70 Å². The second kappa shape index (κ2) is 7.20. The molecule has 4 aromatic rings. The van der Waals surface area contributed by atoms with E-state index in [4.69, 9.17) is 17.5 Å². The molecule has 136 valence electrons. The van der Waals surface area contributed by atoms with Crippen LogP contribution in [0.5, 0.6) is 0 Å². The number of rotatable bonds is 1. The predicted molar refractivity (Wildman–Crippen MR) is 103 cm³/mol. The first kappa shape index (κ1) is 18.6. The number of nitrogens with zero attached hydrogens (tertiary/aromatic N) is 1. The molecule has 4 aromatic carbocycles. The molecule has 2 N–H and O–H groups in total. The fourth-order valence-electron chi connectivity index (χ4n) is 2.88. The summed E-state index contributed by atoms with van der Waals surface area (Å²) in [6.07, 6.45) is 0. The molecule has 0 atom stereocenters. The molecule has 0 heterocycles. The first-order valence-electron chi connectivity index (χ1n) is 7.68. The number of carbonyl (C=O) groups excluding carboxylic acids is 1. The molecule has 0 aliphatic carbocycles. The Morgan fingerprint density at radius 1 is 0.704 bits per heavy atom. The SMILES string of the molecule is O=NC(=O)c1ccc2cc3cc4ccccc4cc3cc2c1.O=S(=O)(O)O. The van der Waals surface area contributed by atoms with Gasteiger partial charge in [-0.05, 0) is 68.7 Å². The molecule has 27 heavy (non-hydrogen) atoms. The lowest BCUT2D eigenvalue weighted by molar-refractivity contribution is 0.100. The van der Waals surface area contributed by atoms with Crippen molar-refractivity contribution in [2.45, 2.75) is 0 Å². The third-order valence-corrected chi connectivity index (χ3v) is 3.99. The van der Waals surface area contributed by atoms with Gasteiger partial charge in [-0.2, -0.15) is 8.42 Å². The fraction of sp³-hybridized carbons (Fsp3) is 0.